The fraction of sp³-hybridized carbons (Fsp3) is 0.333. The lowest BCUT2D eigenvalue weighted by atomic mass is 9.63. The van der Waals surface area contributed by atoms with Crippen molar-refractivity contribution in [1.82, 2.24) is 0 Å². The molecule has 6 rings (SSSR count). The fourth-order valence-corrected chi connectivity index (χ4v) is 6.63. The van der Waals surface area contributed by atoms with E-state index in [1.54, 1.807) is 30.3 Å². The van der Waals surface area contributed by atoms with Crippen LogP contribution in [0.5, 0.6) is 0 Å². The van der Waals surface area contributed by atoms with E-state index < -0.39 is 17.2 Å². The summed E-state index contributed by atoms with van der Waals surface area (Å²) in [7, 11) is 0. The Morgan fingerprint density at radius 3 is 2.50 bits per heavy atom. The van der Waals surface area contributed by atoms with Gasteiger partial charge in [-0.05, 0) is 92.1 Å². The Balaban J connectivity index is 1.43. The Bertz CT molecular complexity index is 1410. The van der Waals surface area contributed by atoms with Crippen molar-refractivity contribution in [2.45, 2.75) is 44.8 Å². The number of nitrogens with zero attached hydrogens (tertiary/aromatic N) is 3. The van der Waals surface area contributed by atoms with Crippen molar-refractivity contribution in [2.24, 2.45) is 16.4 Å². The third kappa shape index (κ3) is 4.08. The highest BCUT2D eigenvalue weighted by molar-refractivity contribution is 6.30. The Hall–Kier alpha value is -3.32. The number of hydrazone groups is 1. The Labute approximate surface area is 224 Å². The van der Waals surface area contributed by atoms with Crippen LogP contribution >= 0.6 is 11.6 Å². The van der Waals surface area contributed by atoms with Crippen LogP contribution in [0.4, 0.5) is 24.5 Å². The van der Waals surface area contributed by atoms with Crippen LogP contribution in [-0.2, 0) is 23.8 Å². The maximum absolute atomic E-state index is 14.3. The van der Waals surface area contributed by atoms with Crippen LogP contribution < -0.4 is 9.91 Å². The predicted octanol–water partition coefficient (Wildman–Crippen LogP) is 7.15. The van der Waals surface area contributed by atoms with Crippen LogP contribution in [-0.4, -0.2) is 24.2 Å². The molecule has 1 fully saturated rings. The molecule has 3 atom stereocenters. The van der Waals surface area contributed by atoms with Crippen LogP contribution in [0.3, 0.4) is 0 Å². The molecule has 196 valence electrons. The average Bonchev–Trinajstić information content (AvgIpc) is 3.14. The highest BCUT2D eigenvalue weighted by Gasteiger charge is 2.60. The summed E-state index contributed by atoms with van der Waals surface area (Å²) in [6.07, 6.45) is -1.73. The van der Waals surface area contributed by atoms with Crippen molar-refractivity contribution in [1.29, 1.82) is 0 Å². The SMILES string of the molecule is CC1=NN(c2ccc(Cl)cc2)C(=O)[C@]12Cc1cc(C(F)(F)F)ccc1N1CC[C@H](Cc3ccccc3)C[C@H]12. The molecule has 3 aliphatic rings. The number of alkyl halides is 3. The first-order valence-corrected chi connectivity index (χ1v) is 13.2. The van der Waals surface area contributed by atoms with Gasteiger partial charge in [-0.15, -0.1) is 0 Å². The number of fused-ring (bicyclic) bond motifs is 4. The standard InChI is InChI=1S/C30H27ClF3N3O/c1-19-29(28(38)37(35-19)25-10-8-24(31)9-11-25)18-22-17-23(30(32,33)34)7-12-26(22)36-14-13-21(16-27(29)36)15-20-5-3-2-4-6-20/h2-12,17,21,27H,13-16,18H2,1H3/t21-,27+,29-/m1/s1. The van der Waals surface area contributed by atoms with E-state index in [9.17, 15) is 18.0 Å². The molecule has 3 aromatic carbocycles. The second-order valence-corrected chi connectivity index (χ2v) is 11.0. The highest BCUT2D eigenvalue weighted by Crippen LogP contribution is 2.51. The number of hydrogen-bond donors (Lipinski definition) is 0. The van der Waals surface area contributed by atoms with E-state index in [1.807, 2.05) is 25.1 Å². The molecular weight excluding hydrogens is 511 g/mol. The first kappa shape index (κ1) is 25.0. The summed E-state index contributed by atoms with van der Waals surface area (Å²) in [5.41, 5.74) is 2.06. The minimum atomic E-state index is -4.46. The molecule has 1 amide bonds. The van der Waals surface area contributed by atoms with Gasteiger partial charge in [0, 0.05) is 23.3 Å². The number of rotatable bonds is 3. The van der Waals surface area contributed by atoms with Gasteiger partial charge in [-0.3, -0.25) is 4.79 Å². The third-order valence-electron chi connectivity index (χ3n) is 8.37. The monoisotopic (exact) mass is 537 g/mol. The lowest BCUT2D eigenvalue weighted by molar-refractivity contribution is -0.137. The first-order valence-electron chi connectivity index (χ1n) is 12.8. The number of piperidine rings is 1. The van der Waals surface area contributed by atoms with Gasteiger partial charge < -0.3 is 4.90 Å². The molecule has 0 aromatic heterocycles. The number of halogens is 4. The third-order valence-corrected chi connectivity index (χ3v) is 8.63. The Kier molecular flexibility index (Phi) is 6.02. The van der Waals surface area contributed by atoms with E-state index in [-0.39, 0.29) is 18.4 Å². The quantitative estimate of drug-likeness (QED) is 0.355. The van der Waals surface area contributed by atoms with Crippen LogP contribution in [0, 0.1) is 11.3 Å². The van der Waals surface area contributed by atoms with Gasteiger partial charge in [0.1, 0.15) is 5.41 Å². The Morgan fingerprint density at radius 2 is 1.79 bits per heavy atom. The molecule has 0 N–H and O–H groups in total. The lowest BCUT2D eigenvalue weighted by Gasteiger charge is -2.52. The summed E-state index contributed by atoms with van der Waals surface area (Å²) < 4.78 is 41.0. The van der Waals surface area contributed by atoms with Gasteiger partial charge in [0.15, 0.2) is 0 Å². The molecule has 0 radical (unpaired) electrons. The summed E-state index contributed by atoms with van der Waals surface area (Å²) in [5.74, 6) is 0.146. The minimum Gasteiger partial charge on any atom is -0.367 e. The molecule has 8 heteroatoms. The molecule has 3 aliphatic heterocycles. The van der Waals surface area contributed by atoms with Gasteiger partial charge in [0.05, 0.1) is 17.0 Å². The molecular formula is C30H27ClF3N3O. The average molecular weight is 538 g/mol. The Morgan fingerprint density at radius 1 is 1.05 bits per heavy atom. The highest BCUT2D eigenvalue weighted by atomic mass is 35.5. The molecule has 0 aliphatic carbocycles. The summed E-state index contributed by atoms with van der Waals surface area (Å²) >= 11 is 6.07. The van der Waals surface area contributed by atoms with Crippen LogP contribution in [0.2, 0.25) is 5.02 Å². The normalized spacial score (nSPS) is 24.9. The minimum absolute atomic E-state index is 0.184. The molecule has 3 heterocycles. The van der Waals surface area contributed by atoms with Gasteiger partial charge >= 0.3 is 6.18 Å². The topological polar surface area (TPSA) is 35.9 Å². The van der Waals surface area contributed by atoms with Crippen LogP contribution in [0.15, 0.2) is 77.9 Å². The van der Waals surface area contributed by atoms with E-state index in [2.05, 4.69) is 17.0 Å². The maximum Gasteiger partial charge on any atom is 0.416 e. The van der Waals surface area contributed by atoms with Gasteiger partial charge in [-0.2, -0.15) is 23.3 Å². The maximum atomic E-state index is 14.3. The summed E-state index contributed by atoms with van der Waals surface area (Å²) in [5, 5.41) is 6.65. The zero-order valence-corrected chi connectivity index (χ0v) is 21.6. The van der Waals surface area contributed by atoms with E-state index >= 15 is 0 Å². The number of hydrogen-bond acceptors (Lipinski definition) is 3. The molecule has 38 heavy (non-hydrogen) atoms. The predicted molar refractivity (Wildman–Crippen MR) is 144 cm³/mol. The lowest BCUT2D eigenvalue weighted by Crippen LogP contribution is -2.62. The summed E-state index contributed by atoms with van der Waals surface area (Å²) in [6, 6.07) is 20.9. The first-order chi connectivity index (χ1) is 18.2. The van der Waals surface area contributed by atoms with E-state index in [4.69, 9.17) is 16.7 Å². The van der Waals surface area contributed by atoms with E-state index in [0.717, 1.165) is 31.0 Å². The fourth-order valence-electron chi connectivity index (χ4n) is 6.50. The number of amides is 1. The van der Waals surface area contributed by atoms with Crippen LogP contribution in [0.1, 0.15) is 36.5 Å². The summed E-state index contributed by atoms with van der Waals surface area (Å²) in [4.78, 5) is 16.5. The van der Waals surface area contributed by atoms with Gasteiger partial charge in [-0.1, -0.05) is 41.9 Å². The molecule has 1 spiro atoms. The van der Waals surface area contributed by atoms with Crippen molar-refractivity contribution < 1.29 is 18.0 Å². The molecule has 0 bridgehead atoms. The summed E-state index contributed by atoms with van der Waals surface area (Å²) in [6.45, 7) is 2.51. The van der Waals surface area contributed by atoms with Crippen molar-refractivity contribution in [2.75, 3.05) is 16.5 Å². The van der Waals surface area contributed by atoms with E-state index in [0.29, 0.717) is 34.4 Å². The second kappa shape index (κ2) is 9.16. The zero-order chi connectivity index (χ0) is 26.7. The smallest absolute Gasteiger partial charge is 0.367 e. The van der Waals surface area contributed by atoms with Crippen molar-refractivity contribution >= 4 is 34.6 Å². The second-order valence-electron chi connectivity index (χ2n) is 10.6. The number of carbonyl (C=O) groups is 1. The van der Waals surface area contributed by atoms with Crippen LogP contribution in [0.25, 0.3) is 0 Å². The van der Waals surface area contributed by atoms with E-state index in [1.165, 1.54) is 16.6 Å². The molecule has 4 nitrogen and oxygen atoms in total. The van der Waals surface area contributed by atoms with Gasteiger partial charge in [0.25, 0.3) is 5.91 Å². The largest absolute Gasteiger partial charge is 0.416 e. The number of benzene rings is 3. The molecule has 0 unspecified atom stereocenters. The van der Waals surface area contributed by atoms with Crippen molar-refractivity contribution in [3.8, 4) is 0 Å². The number of anilines is 2. The molecule has 0 saturated carbocycles. The van der Waals surface area contributed by atoms with Gasteiger partial charge in [-0.25, -0.2) is 0 Å². The van der Waals surface area contributed by atoms with Gasteiger partial charge in [0.2, 0.25) is 0 Å². The number of carbonyl (C=O) groups excluding carboxylic acids is 1. The molecule has 3 aromatic rings. The van der Waals surface area contributed by atoms with Crippen molar-refractivity contribution in [3.05, 3.63) is 94.5 Å². The zero-order valence-electron chi connectivity index (χ0n) is 20.9. The van der Waals surface area contributed by atoms with Crippen molar-refractivity contribution in [3.63, 3.8) is 0 Å². The molecule has 1 saturated heterocycles.